The van der Waals surface area contributed by atoms with E-state index in [-0.39, 0.29) is 5.56 Å². The summed E-state index contributed by atoms with van der Waals surface area (Å²) in [7, 11) is 0. The predicted octanol–water partition coefficient (Wildman–Crippen LogP) is 4.41. The second-order valence-corrected chi connectivity index (χ2v) is 5.18. The van der Waals surface area contributed by atoms with Gasteiger partial charge in [0.15, 0.2) is 0 Å². The highest BCUT2D eigenvalue weighted by molar-refractivity contribution is 6.02. The Morgan fingerprint density at radius 2 is 1.74 bits per heavy atom. The molecule has 1 heterocycles. The van der Waals surface area contributed by atoms with Crippen molar-refractivity contribution < 1.29 is 23.1 Å². The lowest BCUT2D eigenvalue weighted by molar-refractivity contribution is -0.137. The van der Waals surface area contributed by atoms with E-state index in [1.807, 2.05) is 4.57 Å². The fraction of sp³-hybridized carbons (Fsp3) is 0.118. The SMILES string of the molecule is O=C(O)c1cccc2c1ccn2Cc1ccc(C(F)(F)F)cc1. The normalized spacial score (nSPS) is 11.8. The molecule has 0 saturated carbocycles. The van der Waals surface area contributed by atoms with Crippen molar-refractivity contribution in [2.45, 2.75) is 12.7 Å². The van der Waals surface area contributed by atoms with Crippen molar-refractivity contribution in [3.8, 4) is 0 Å². The summed E-state index contributed by atoms with van der Waals surface area (Å²) < 4.78 is 39.5. The van der Waals surface area contributed by atoms with Crippen molar-refractivity contribution in [3.63, 3.8) is 0 Å². The van der Waals surface area contributed by atoms with Gasteiger partial charge in [-0.1, -0.05) is 18.2 Å². The minimum atomic E-state index is -4.35. The van der Waals surface area contributed by atoms with Crippen LogP contribution in [0.25, 0.3) is 10.9 Å². The summed E-state index contributed by atoms with van der Waals surface area (Å²) in [5, 5.41) is 9.78. The van der Waals surface area contributed by atoms with Gasteiger partial charge in [-0.3, -0.25) is 0 Å². The maximum atomic E-state index is 12.6. The van der Waals surface area contributed by atoms with Crippen LogP contribution in [0.1, 0.15) is 21.5 Å². The van der Waals surface area contributed by atoms with Crippen LogP contribution in [0.2, 0.25) is 0 Å². The molecule has 23 heavy (non-hydrogen) atoms. The summed E-state index contributed by atoms with van der Waals surface area (Å²) in [5.41, 5.74) is 0.946. The molecule has 0 atom stereocenters. The standard InChI is InChI=1S/C17H12F3NO2/c18-17(19,20)12-6-4-11(5-7-12)10-21-9-8-13-14(16(22)23)2-1-3-15(13)21/h1-9H,10H2,(H,22,23). The average molecular weight is 319 g/mol. The molecule has 0 aliphatic heterocycles. The lowest BCUT2D eigenvalue weighted by Crippen LogP contribution is -2.05. The molecule has 3 rings (SSSR count). The molecule has 0 bridgehead atoms. The van der Waals surface area contributed by atoms with Gasteiger partial charge in [-0.15, -0.1) is 0 Å². The number of carboxylic acids is 1. The third-order valence-corrected chi connectivity index (χ3v) is 3.68. The summed E-state index contributed by atoms with van der Waals surface area (Å²) >= 11 is 0. The number of hydrogen-bond acceptors (Lipinski definition) is 1. The van der Waals surface area contributed by atoms with E-state index in [4.69, 9.17) is 0 Å². The van der Waals surface area contributed by atoms with Crippen LogP contribution in [0.3, 0.4) is 0 Å². The van der Waals surface area contributed by atoms with Crippen LogP contribution in [-0.2, 0) is 12.7 Å². The van der Waals surface area contributed by atoms with E-state index >= 15 is 0 Å². The highest BCUT2D eigenvalue weighted by Gasteiger charge is 2.29. The van der Waals surface area contributed by atoms with Crippen molar-refractivity contribution in [3.05, 3.63) is 71.4 Å². The number of halogens is 3. The number of benzene rings is 2. The van der Waals surface area contributed by atoms with E-state index in [2.05, 4.69) is 0 Å². The number of carbonyl (C=O) groups is 1. The Morgan fingerprint density at radius 1 is 1.04 bits per heavy atom. The first-order valence-corrected chi connectivity index (χ1v) is 6.83. The molecule has 0 saturated heterocycles. The molecule has 0 fully saturated rings. The summed E-state index contributed by atoms with van der Waals surface area (Å²) in [5.74, 6) is -1.01. The van der Waals surface area contributed by atoms with Gasteiger partial charge >= 0.3 is 12.1 Å². The molecule has 0 spiro atoms. The highest BCUT2D eigenvalue weighted by atomic mass is 19.4. The first-order valence-electron chi connectivity index (χ1n) is 6.83. The van der Waals surface area contributed by atoms with Gasteiger partial charge < -0.3 is 9.67 Å². The van der Waals surface area contributed by atoms with Crippen molar-refractivity contribution in [1.29, 1.82) is 0 Å². The van der Waals surface area contributed by atoms with Gasteiger partial charge in [-0.05, 0) is 35.9 Å². The Morgan fingerprint density at radius 3 is 2.35 bits per heavy atom. The number of carboxylic acid groups (broad SMARTS) is 1. The zero-order chi connectivity index (χ0) is 16.6. The van der Waals surface area contributed by atoms with Crippen molar-refractivity contribution >= 4 is 16.9 Å². The summed E-state index contributed by atoms with van der Waals surface area (Å²) in [6.45, 7) is 0.366. The number of nitrogens with zero attached hydrogens (tertiary/aromatic N) is 1. The minimum absolute atomic E-state index is 0.202. The molecule has 0 unspecified atom stereocenters. The maximum Gasteiger partial charge on any atom is 0.416 e. The lowest BCUT2D eigenvalue weighted by atomic mass is 10.1. The average Bonchev–Trinajstić information content (AvgIpc) is 2.90. The van der Waals surface area contributed by atoms with Gasteiger partial charge in [0, 0.05) is 23.6 Å². The quantitative estimate of drug-likeness (QED) is 0.777. The molecule has 0 amide bonds. The zero-order valence-electron chi connectivity index (χ0n) is 11.8. The monoisotopic (exact) mass is 319 g/mol. The van der Waals surface area contributed by atoms with Crippen LogP contribution in [0, 0.1) is 0 Å². The van der Waals surface area contributed by atoms with Crippen LogP contribution in [-0.4, -0.2) is 15.6 Å². The third kappa shape index (κ3) is 2.92. The van der Waals surface area contributed by atoms with Gasteiger partial charge in [-0.2, -0.15) is 13.2 Å². The van der Waals surface area contributed by atoms with Gasteiger partial charge in [0.1, 0.15) is 0 Å². The van der Waals surface area contributed by atoms with Crippen LogP contribution in [0.5, 0.6) is 0 Å². The van der Waals surface area contributed by atoms with E-state index in [1.165, 1.54) is 18.2 Å². The van der Waals surface area contributed by atoms with Gasteiger partial charge in [0.2, 0.25) is 0 Å². The van der Waals surface area contributed by atoms with E-state index in [0.717, 1.165) is 17.6 Å². The Kier molecular flexibility index (Phi) is 3.60. The molecule has 118 valence electrons. The molecule has 3 aromatic rings. The Labute approximate surface area is 129 Å². The predicted molar refractivity (Wildman–Crippen MR) is 79.4 cm³/mol. The minimum Gasteiger partial charge on any atom is -0.478 e. The molecular formula is C17H12F3NO2. The van der Waals surface area contributed by atoms with Crippen molar-refractivity contribution in [1.82, 2.24) is 4.57 Å². The smallest absolute Gasteiger partial charge is 0.416 e. The maximum absolute atomic E-state index is 12.6. The third-order valence-electron chi connectivity index (χ3n) is 3.68. The number of aromatic carboxylic acids is 1. The van der Waals surface area contributed by atoms with E-state index in [1.54, 1.807) is 24.4 Å². The number of rotatable bonds is 3. The second kappa shape index (κ2) is 5.46. The summed E-state index contributed by atoms with van der Waals surface area (Å²) in [4.78, 5) is 11.2. The zero-order valence-corrected chi connectivity index (χ0v) is 11.8. The second-order valence-electron chi connectivity index (χ2n) is 5.18. The van der Waals surface area contributed by atoms with E-state index < -0.39 is 17.7 Å². The number of hydrogen-bond donors (Lipinski definition) is 1. The summed E-state index contributed by atoms with van der Waals surface area (Å²) in [6, 6.07) is 11.6. The van der Waals surface area contributed by atoms with Crippen LogP contribution < -0.4 is 0 Å². The lowest BCUT2D eigenvalue weighted by Gasteiger charge is -2.09. The highest BCUT2D eigenvalue weighted by Crippen LogP contribution is 2.29. The van der Waals surface area contributed by atoms with Crippen LogP contribution in [0.15, 0.2) is 54.7 Å². The fourth-order valence-electron chi connectivity index (χ4n) is 2.54. The Bertz CT molecular complexity index is 864. The Balaban J connectivity index is 1.93. The van der Waals surface area contributed by atoms with Gasteiger partial charge in [-0.25, -0.2) is 4.79 Å². The van der Waals surface area contributed by atoms with E-state index in [0.29, 0.717) is 17.5 Å². The molecular weight excluding hydrogens is 307 g/mol. The molecule has 6 heteroatoms. The van der Waals surface area contributed by atoms with E-state index in [9.17, 15) is 23.1 Å². The Hall–Kier alpha value is -2.76. The summed E-state index contributed by atoms with van der Waals surface area (Å²) in [6.07, 6.45) is -2.62. The number of alkyl halides is 3. The molecule has 1 aromatic heterocycles. The van der Waals surface area contributed by atoms with Gasteiger partial charge in [0.05, 0.1) is 11.1 Å². The number of fused-ring (bicyclic) bond motifs is 1. The van der Waals surface area contributed by atoms with Crippen LogP contribution >= 0.6 is 0 Å². The molecule has 0 aliphatic carbocycles. The molecule has 0 aliphatic rings. The molecule has 1 N–H and O–H groups in total. The molecule has 3 nitrogen and oxygen atoms in total. The number of aromatic nitrogens is 1. The van der Waals surface area contributed by atoms with Crippen LogP contribution in [0.4, 0.5) is 13.2 Å². The largest absolute Gasteiger partial charge is 0.478 e. The van der Waals surface area contributed by atoms with Gasteiger partial charge in [0.25, 0.3) is 0 Å². The molecule has 0 radical (unpaired) electrons. The first kappa shape index (κ1) is 15.1. The topological polar surface area (TPSA) is 42.2 Å². The molecule has 2 aromatic carbocycles. The van der Waals surface area contributed by atoms with Crippen molar-refractivity contribution in [2.75, 3.05) is 0 Å². The fourth-order valence-corrected chi connectivity index (χ4v) is 2.54. The van der Waals surface area contributed by atoms with Crippen molar-refractivity contribution in [2.24, 2.45) is 0 Å². The first-order chi connectivity index (χ1) is 10.9.